The van der Waals surface area contributed by atoms with Gasteiger partial charge in [0.05, 0.1) is 18.2 Å². The van der Waals surface area contributed by atoms with E-state index in [0.29, 0.717) is 11.1 Å². The molecule has 4 nitrogen and oxygen atoms in total. The van der Waals surface area contributed by atoms with Crippen molar-refractivity contribution in [2.75, 3.05) is 7.11 Å². The van der Waals surface area contributed by atoms with Gasteiger partial charge in [0.25, 0.3) is 0 Å². The van der Waals surface area contributed by atoms with Gasteiger partial charge >= 0.3 is 11.9 Å². The van der Waals surface area contributed by atoms with Crippen LogP contribution in [0.1, 0.15) is 30.5 Å². The second-order valence-corrected chi connectivity index (χ2v) is 5.82. The summed E-state index contributed by atoms with van der Waals surface area (Å²) in [6.45, 7) is 3.70. The number of hydrogen-bond donors (Lipinski definition) is 1. The molecule has 0 aliphatic carbocycles. The molecule has 0 aliphatic heterocycles. The molecule has 0 atom stereocenters. The van der Waals surface area contributed by atoms with Crippen LogP contribution in [0.15, 0.2) is 22.9 Å². The molecule has 0 bridgehead atoms. The van der Waals surface area contributed by atoms with E-state index in [1.165, 1.54) is 18.4 Å². The van der Waals surface area contributed by atoms with Gasteiger partial charge < -0.3 is 9.84 Å². The standard InChI is InChI=1S/C7H8O2S.C6H6O2S/c1-5-6(3-4-10-5)7(8)9-2;1-4-5(6(7)8)2-3-9-4/h3-4H,1-2H3;2-3H,1H3,(H,7,8). The zero-order valence-corrected chi connectivity index (χ0v) is 12.4. The summed E-state index contributed by atoms with van der Waals surface area (Å²) in [6.07, 6.45) is 0. The first-order valence-corrected chi connectivity index (χ1v) is 7.13. The number of hydrogen-bond acceptors (Lipinski definition) is 5. The Morgan fingerprint density at radius 1 is 1.05 bits per heavy atom. The fourth-order valence-electron chi connectivity index (χ4n) is 1.31. The molecule has 2 rings (SSSR count). The van der Waals surface area contributed by atoms with Crippen LogP contribution in [0.25, 0.3) is 0 Å². The van der Waals surface area contributed by atoms with Crippen LogP contribution in [0.3, 0.4) is 0 Å². The maximum atomic E-state index is 10.9. The largest absolute Gasteiger partial charge is 0.478 e. The number of carboxylic acids is 1. The minimum absolute atomic E-state index is 0.251. The molecular weight excluding hydrogens is 284 g/mol. The minimum Gasteiger partial charge on any atom is -0.478 e. The van der Waals surface area contributed by atoms with Crippen LogP contribution in [-0.4, -0.2) is 24.2 Å². The molecule has 0 spiro atoms. The van der Waals surface area contributed by atoms with Gasteiger partial charge in [0, 0.05) is 9.75 Å². The van der Waals surface area contributed by atoms with E-state index in [1.807, 2.05) is 12.3 Å². The molecule has 0 radical (unpaired) electrons. The molecule has 19 heavy (non-hydrogen) atoms. The smallest absolute Gasteiger partial charge is 0.338 e. The van der Waals surface area contributed by atoms with E-state index in [1.54, 1.807) is 35.8 Å². The molecule has 2 aromatic heterocycles. The Bertz CT molecular complexity index is 569. The Balaban J connectivity index is 0.000000191. The lowest BCUT2D eigenvalue weighted by atomic mass is 10.3. The number of aromatic carboxylic acids is 1. The summed E-state index contributed by atoms with van der Waals surface area (Å²) in [5.41, 5.74) is 1.09. The molecule has 102 valence electrons. The Morgan fingerprint density at radius 2 is 1.53 bits per heavy atom. The maximum Gasteiger partial charge on any atom is 0.338 e. The predicted octanol–water partition coefficient (Wildman–Crippen LogP) is 3.60. The molecule has 6 heteroatoms. The third-order valence-electron chi connectivity index (χ3n) is 2.35. The van der Waals surface area contributed by atoms with E-state index in [-0.39, 0.29) is 5.97 Å². The molecule has 0 saturated heterocycles. The number of carboxylic acid groups (broad SMARTS) is 1. The van der Waals surface area contributed by atoms with Crippen LogP contribution >= 0.6 is 22.7 Å². The van der Waals surface area contributed by atoms with Crippen LogP contribution in [0, 0.1) is 13.8 Å². The topological polar surface area (TPSA) is 63.6 Å². The maximum absolute atomic E-state index is 10.9. The number of aryl methyl sites for hydroxylation is 2. The Hall–Kier alpha value is -1.66. The van der Waals surface area contributed by atoms with Crippen molar-refractivity contribution in [3.05, 3.63) is 43.8 Å². The van der Waals surface area contributed by atoms with Crippen molar-refractivity contribution in [1.29, 1.82) is 0 Å². The average Bonchev–Trinajstić information content (AvgIpc) is 2.97. The van der Waals surface area contributed by atoms with Gasteiger partial charge in [-0.1, -0.05) is 0 Å². The quantitative estimate of drug-likeness (QED) is 0.860. The molecule has 0 amide bonds. The zero-order valence-electron chi connectivity index (χ0n) is 10.8. The summed E-state index contributed by atoms with van der Waals surface area (Å²) in [4.78, 5) is 23.0. The number of ether oxygens (including phenoxy) is 1. The van der Waals surface area contributed by atoms with Crippen molar-refractivity contribution in [1.82, 2.24) is 0 Å². The normalized spacial score (nSPS) is 9.42. The molecule has 0 aromatic carbocycles. The van der Waals surface area contributed by atoms with Crippen molar-refractivity contribution in [3.63, 3.8) is 0 Å². The summed E-state index contributed by atoms with van der Waals surface area (Å²) >= 11 is 3.00. The highest BCUT2D eigenvalue weighted by atomic mass is 32.1. The van der Waals surface area contributed by atoms with E-state index < -0.39 is 5.97 Å². The van der Waals surface area contributed by atoms with E-state index in [2.05, 4.69) is 4.74 Å². The highest BCUT2D eigenvalue weighted by Gasteiger charge is 2.08. The van der Waals surface area contributed by atoms with Gasteiger partial charge in [-0.3, -0.25) is 0 Å². The lowest BCUT2D eigenvalue weighted by Crippen LogP contribution is -2.00. The predicted molar refractivity (Wildman–Crippen MR) is 76.4 cm³/mol. The molecule has 0 saturated carbocycles. The van der Waals surface area contributed by atoms with Gasteiger partial charge in [-0.25, -0.2) is 9.59 Å². The molecule has 0 fully saturated rings. The highest BCUT2D eigenvalue weighted by Crippen LogP contribution is 2.15. The van der Waals surface area contributed by atoms with E-state index >= 15 is 0 Å². The number of rotatable bonds is 2. The second-order valence-electron chi connectivity index (χ2n) is 3.58. The number of carbonyl (C=O) groups excluding carboxylic acids is 1. The first kappa shape index (κ1) is 15.4. The van der Waals surface area contributed by atoms with Crippen molar-refractivity contribution in [2.24, 2.45) is 0 Å². The molecule has 1 N–H and O–H groups in total. The van der Waals surface area contributed by atoms with Gasteiger partial charge in [-0.15, -0.1) is 22.7 Å². The number of esters is 1. The van der Waals surface area contributed by atoms with Gasteiger partial charge in [-0.2, -0.15) is 0 Å². The lowest BCUT2D eigenvalue weighted by molar-refractivity contribution is 0.0599. The van der Waals surface area contributed by atoms with Crippen molar-refractivity contribution in [3.8, 4) is 0 Å². The Morgan fingerprint density at radius 3 is 1.79 bits per heavy atom. The van der Waals surface area contributed by atoms with Crippen molar-refractivity contribution < 1.29 is 19.4 Å². The van der Waals surface area contributed by atoms with E-state index in [4.69, 9.17) is 5.11 Å². The summed E-state index contributed by atoms with van der Waals surface area (Å²) in [6, 6.07) is 3.38. The van der Waals surface area contributed by atoms with Gasteiger partial charge in [0.15, 0.2) is 0 Å². The minimum atomic E-state index is -0.839. The fraction of sp³-hybridized carbons (Fsp3) is 0.231. The van der Waals surface area contributed by atoms with Crippen molar-refractivity contribution >= 4 is 34.6 Å². The van der Waals surface area contributed by atoms with Gasteiger partial charge in [0.1, 0.15) is 0 Å². The van der Waals surface area contributed by atoms with Gasteiger partial charge in [-0.05, 0) is 36.7 Å². The van der Waals surface area contributed by atoms with Crippen LogP contribution in [0.2, 0.25) is 0 Å². The van der Waals surface area contributed by atoms with Gasteiger partial charge in [0.2, 0.25) is 0 Å². The van der Waals surface area contributed by atoms with E-state index in [9.17, 15) is 9.59 Å². The van der Waals surface area contributed by atoms with Crippen molar-refractivity contribution in [2.45, 2.75) is 13.8 Å². The number of methoxy groups -OCH3 is 1. The molecule has 0 unspecified atom stereocenters. The number of thiophene rings is 2. The first-order valence-electron chi connectivity index (χ1n) is 5.37. The van der Waals surface area contributed by atoms with E-state index in [0.717, 1.165) is 9.75 Å². The monoisotopic (exact) mass is 298 g/mol. The van der Waals surface area contributed by atoms with Crippen LogP contribution in [0.5, 0.6) is 0 Å². The average molecular weight is 298 g/mol. The zero-order chi connectivity index (χ0) is 14.4. The number of carbonyl (C=O) groups is 2. The molecule has 2 aromatic rings. The Kier molecular flexibility index (Phi) is 5.72. The second kappa shape index (κ2) is 7.06. The SMILES string of the molecule is COC(=O)c1ccsc1C.Cc1sccc1C(=O)O. The molecule has 0 aliphatic rings. The first-order chi connectivity index (χ1) is 8.97. The van der Waals surface area contributed by atoms with Crippen LogP contribution < -0.4 is 0 Å². The Labute approximate surface area is 119 Å². The summed E-state index contributed by atoms with van der Waals surface area (Å²) in [7, 11) is 1.39. The summed E-state index contributed by atoms with van der Waals surface area (Å²) in [5.74, 6) is -1.09. The summed E-state index contributed by atoms with van der Waals surface area (Å²) in [5, 5.41) is 12.1. The molecular formula is C13H14O4S2. The lowest BCUT2D eigenvalue weighted by Gasteiger charge is -1.94. The fourth-order valence-corrected chi connectivity index (χ4v) is 2.69. The van der Waals surface area contributed by atoms with Crippen LogP contribution in [0.4, 0.5) is 0 Å². The van der Waals surface area contributed by atoms with Crippen LogP contribution in [-0.2, 0) is 4.74 Å². The molecule has 2 heterocycles. The highest BCUT2D eigenvalue weighted by molar-refractivity contribution is 7.10. The third-order valence-corrected chi connectivity index (χ3v) is 4.04. The third kappa shape index (κ3) is 4.18. The summed E-state index contributed by atoms with van der Waals surface area (Å²) < 4.78 is 4.54.